The number of anilines is 1. The van der Waals surface area contributed by atoms with Crippen molar-refractivity contribution in [2.45, 2.75) is 32.2 Å². The monoisotopic (exact) mass is 337 g/mol. The van der Waals surface area contributed by atoms with Gasteiger partial charge in [0.25, 0.3) is 5.91 Å². The van der Waals surface area contributed by atoms with Crippen LogP contribution in [0.15, 0.2) is 48.5 Å². The maximum absolute atomic E-state index is 12.5. The minimum absolute atomic E-state index is 0.189. The zero-order valence-electron chi connectivity index (χ0n) is 14.4. The Bertz CT molecular complexity index is 771. The number of unbranched alkanes of at least 4 members (excludes halogenated alkanes) is 1. The van der Waals surface area contributed by atoms with E-state index in [1.807, 2.05) is 36.4 Å². The molecular weight excluding hydrogens is 314 g/mol. The van der Waals surface area contributed by atoms with E-state index in [0.29, 0.717) is 18.7 Å². The largest absolute Gasteiger partial charge is 0.330 e. The van der Waals surface area contributed by atoms with Gasteiger partial charge in [0.15, 0.2) is 0 Å². The lowest BCUT2D eigenvalue weighted by Crippen LogP contribution is -2.31. The Kier molecular flexibility index (Phi) is 5.14. The Morgan fingerprint density at radius 1 is 1.04 bits per heavy atom. The third kappa shape index (κ3) is 3.56. The lowest BCUT2D eigenvalue weighted by molar-refractivity contribution is -0.118. The minimum Gasteiger partial charge on any atom is -0.330 e. The van der Waals surface area contributed by atoms with E-state index in [1.54, 1.807) is 0 Å². The van der Waals surface area contributed by atoms with E-state index in [2.05, 4.69) is 24.4 Å². The number of imide groups is 1. The molecule has 1 aliphatic heterocycles. The number of nitrogens with one attached hydrogen (secondary N) is 1. The van der Waals surface area contributed by atoms with E-state index in [4.69, 9.17) is 5.73 Å². The topological polar surface area (TPSA) is 75.4 Å². The van der Waals surface area contributed by atoms with E-state index in [-0.39, 0.29) is 11.9 Å². The predicted octanol–water partition coefficient (Wildman–Crippen LogP) is 3.22. The van der Waals surface area contributed by atoms with Crippen LogP contribution in [0.3, 0.4) is 0 Å². The van der Waals surface area contributed by atoms with E-state index in [1.165, 1.54) is 10.5 Å². The highest BCUT2D eigenvalue weighted by atomic mass is 16.2. The number of carbonyl (C=O) groups excluding carboxylic acids is 2. The molecule has 1 atom stereocenters. The molecular formula is C20H23N3O2. The highest BCUT2D eigenvalue weighted by Crippen LogP contribution is 2.27. The van der Waals surface area contributed by atoms with Gasteiger partial charge in [0.1, 0.15) is 6.04 Å². The van der Waals surface area contributed by atoms with Crippen molar-refractivity contribution in [2.75, 3.05) is 11.4 Å². The number of aryl methyl sites for hydroxylation is 1. The molecule has 3 N–H and O–H groups in total. The number of nitrogens with two attached hydrogens (primary N) is 1. The summed E-state index contributed by atoms with van der Waals surface area (Å²) in [6.07, 6.45) is 2.30. The highest BCUT2D eigenvalue weighted by Gasteiger charge is 2.38. The molecule has 2 aromatic rings. The van der Waals surface area contributed by atoms with Gasteiger partial charge < -0.3 is 11.1 Å². The molecule has 0 aliphatic carbocycles. The molecule has 0 spiro atoms. The molecule has 25 heavy (non-hydrogen) atoms. The van der Waals surface area contributed by atoms with E-state index >= 15 is 0 Å². The average Bonchev–Trinajstić information content (AvgIpc) is 2.90. The molecule has 0 saturated carbocycles. The Labute approximate surface area is 147 Å². The molecule has 5 heteroatoms. The first kappa shape index (κ1) is 17.2. The zero-order valence-corrected chi connectivity index (χ0v) is 14.4. The van der Waals surface area contributed by atoms with Crippen molar-refractivity contribution in [1.29, 1.82) is 0 Å². The fourth-order valence-corrected chi connectivity index (χ4v) is 3.15. The molecule has 0 aromatic heterocycles. The first-order valence-electron chi connectivity index (χ1n) is 8.62. The normalized spacial score (nSPS) is 17.0. The summed E-state index contributed by atoms with van der Waals surface area (Å²) in [5.41, 5.74) is 9.47. The fourth-order valence-electron chi connectivity index (χ4n) is 3.15. The van der Waals surface area contributed by atoms with Crippen LogP contribution in [-0.2, 0) is 4.79 Å². The van der Waals surface area contributed by atoms with Gasteiger partial charge >= 0.3 is 6.03 Å². The van der Waals surface area contributed by atoms with Crippen LogP contribution in [0.25, 0.3) is 11.1 Å². The summed E-state index contributed by atoms with van der Waals surface area (Å²) in [6, 6.07) is 14.9. The van der Waals surface area contributed by atoms with Crippen molar-refractivity contribution in [2.24, 2.45) is 5.73 Å². The van der Waals surface area contributed by atoms with Gasteiger partial charge in [-0.3, -0.25) is 4.79 Å². The maximum atomic E-state index is 12.5. The van der Waals surface area contributed by atoms with Gasteiger partial charge in [-0.2, -0.15) is 0 Å². The highest BCUT2D eigenvalue weighted by molar-refractivity contribution is 6.21. The molecule has 0 bridgehead atoms. The lowest BCUT2D eigenvalue weighted by atomic mass is 10.0. The van der Waals surface area contributed by atoms with E-state index in [9.17, 15) is 9.59 Å². The number of nitrogens with zero attached hydrogens (tertiary/aromatic N) is 1. The molecule has 0 radical (unpaired) electrons. The second-order valence-electron chi connectivity index (χ2n) is 6.32. The third-order valence-corrected chi connectivity index (χ3v) is 4.55. The van der Waals surface area contributed by atoms with E-state index < -0.39 is 6.04 Å². The Morgan fingerprint density at radius 2 is 1.76 bits per heavy atom. The van der Waals surface area contributed by atoms with Crippen LogP contribution >= 0.6 is 0 Å². The molecule has 1 aliphatic rings. The number of hydrogen-bond donors (Lipinski definition) is 2. The molecule has 130 valence electrons. The summed E-state index contributed by atoms with van der Waals surface area (Å²) in [6.45, 7) is 2.66. The van der Waals surface area contributed by atoms with Gasteiger partial charge in [0.05, 0.1) is 5.69 Å². The van der Waals surface area contributed by atoms with Crippen LogP contribution in [0.4, 0.5) is 10.5 Å². The van der Waals surface area contributed by atoms with Gasteiger partial charge in [-0.1, -0.05) is 36.4 Å². The fraction of sp³-hybridized carbons (Fsp3) is 0.300. The van der Waals surface area contributed by atoms with Crippen LogP contribution in [-0.4, -0.2) is 24.5 Å². The van der Waals surface area contributed by atoms with Crippen molar-refractivity contribution in [3.63, 3.8) is 0 Å². The zero-order chi connectivity index (χ0) is 17.8. The van der Waals surface area contributed by atoms with Gasteiger partial charge in [-0.25, -0.2) is 9.69 Å². The number of hydrogen-bond acceptors (Lipinski definition) is 3. The second-order valence-corrected chi connectivity index (χ2v) is 6.32. The van der Waals surface area contributed by atoms with Gasteiger partial charge in [0.2, 0.25) is 0 Å². The van der Waals surface area contributed by atoms with Crippen molar-refractivity contribution in [3.8, 4) is 11.1 Å². The Hall–Kier alpha value is -2.66. The van der Waals surface area contributed by atoms with Gasteiger partial charge in [0, 0.05) is 0 Å². The smallest absolute Gasteiger partial charge is 0.329 e. The average molecular weight is 337 g/mol. The first-order chi connectivity index (χ1) is 12.1. The molecule has 2 aromatic carbocycles. The number of benzene rings is 2. The quantitative estimate of drug-likeness (QED) is 0.628. The number of carbonyl (C=O) groups is 2. The molecule has 1 heterocycles. The van der Waals surface area contributed by atoms with Crippen molar-refractivity contribution >= 4 is 17.6 Å². The summed E-state index contributed by atoms with van der Waals surface area (Å²) in [5, 5.41) is 2.76. The molecule has 3 amide bonds. The Morgan fingerprint density at radius 3 is 2.44 bits per heavy atom. The van der Waals surface area contributed by atoms with Gasteiger partial charge in [-0.15, -0.1) is 0 Å². The summed E-state index contributed by atoms with van der Waals surface area (Å²) in [4.78, 5) is 26.0. The summed E-state index contributed by atoms with van der Waals surface area (Å²) in [7, 11) is 0. The van der Waals surface area contributed by atoms with Crippen LogP contribution in [0.1, 0.15) is 24.8 Å². The van der Waals surface area contributed by atoms with Crippen LogP contribution < -0.4 is 16.0 Å². The standard InChI is InChI=1S/C20H23N3O2/c1-14-6-2-3-7-17(14)15-9-11-16(12-10-15)23-19(24)18(22-20(23)25)8-4-5-13-21/h2-3,6-7,9-12,18H,4-5,8,13,21H2,1H3,(H,22,25)/t18-/m0/s1. The lowest BCUT2D eigenvalue weighted by Gasteiger charge is -2.14. The van der Waals surface area contributed by atoms with Crippen LogP contribution in [0.5, 0.6) is 0 Å². The number of urea groups is 1. The molecule has 1 saturated heterocycles. The van der Waals surface area contributed by atoms with Crippen LogP contribution in [0, 0.1) is 6.92 Å². The molecule has 0 unspecified atom stereocenters. The van der Waals surface area contributed by atoms with E-state index in [0.717, 1.165) is 24.0 Å². The SMILES string of the molecule is Cc1ccccc1-c1ccc(N2C(=O)N[C@@H](CCCCN)C2=O)cc1. The number of amides is 3. The molecule has 1 fully saturated rings. The van der Waals surface area contributed by atoms with Crippen molar-refractivity contribution in [1.82, 2.24) is 5.32 Å². The second kappa shape index (κ2) is 7.49. The predicted molar refractivity (Wildman–Crippen MR) is 99.3 cm³/mol. The summed E-state index contributed by atoms with van der Waals surface area (Å²) >= 11 is 0. The minimum atomic E-state index is -0.449. The molecule has 5 nitrogen and oxygen atoms in total. The van der Waals surface area contributed by atoms with Crippen LogP contribution in [0.2, 0.25) is 0 Å². The summed E-state index contributed by atoms with van der Waals surface area (Å²) in [5.74, 6) is -0.189. The third-order valence-electron chi connectivity index (χ3n) is 4.55. The van der Waals surface area contributed by atoms with Gasteiger partial charge in [-0.05, 0) is 61.6 Å². The molecule has 3 rings (SSSR count). The maximum Gasteiger partial charge on any atom is 0.329 e. The van der Waals surface area contributed by atoms with Crippen molar-refractivity contribution < 1.29 is 9.59 Å². The van der Waals surface area contributed by atoms with Crippen molar-refractivity contribution in [3.05, 3.63) is 54.1 Å². The Balaban J connectivity index is 1.77. The first-order valence-corrected chi connectivity index (χ1v) is 8.62. The summed E-state index contributed by atoms with van der Waals surface area (Å²) < 4.78 is 0. The number of rotatable bonds is 6.